The van der Waals surface area contributed by atoms with Crippen LogP contribution in [0.4, 0.5) is 5.69 Å². The number of H-pyrrole nitrogens is 1. The third kappa shape index (κ3) is 3.87. The number of hydrogen-bond donors (Lipinski definition) is 3. The van der Waals surface area contributed by atoms with Crippen molar-refractivity contribution in [3.63, 3.8) is 0 Å². The van der Waals surface area contributed by atoms with Gasteiger partial charge in [-0.05, 0) is 23.8 Å². The Morgan fingerprint density at radius 2 is 1.96 bits per heavy atom. The SMILES string of the molecule is COc1ccc(C(=O)NNC(=O)Cc2c[nH]c3ccccc23)cc1[N+](=O)[O-]. The van der Waals surface area contributed by atoms with Gasteiger partial charge in [-0.15, -0.1) is 0 Å². The zero-order chi connectivity index (χ0) is 19.4. The number of benzene rings is 2. The Bertz CT molecular complexity index is 1030. The summed E-state index contributed by atoms with van der Waals surface area (Å²) >= 11 is 0. The largest absolute Gasteiger partial charge is 0.490 e. The molecule has 0 spiro atoms. The molecule has 2 aromatic carbocycles. The van der Waals surface area contributed by atoms with E-state index in [2.05, 4.69) is 15.8 Å². The van der Waals surface area contributed by atoms with Crippen molar-refractivity contribution in [3.05, 3.63) is 69.9 Å². The van der Waals surface area contributed by atoms with Crippen LogP contribution in [0.2, 0.25) is 0 Å². The number of ether oxygens (including phenoxy) is 1. The maximum atomic E-state index is 12.1. The molecular weight excluding hydrogens is 352 g/mol. The van der Waals surface area contributed by atoms with Crippen molar-refractivity contribution in [2.24, 2.45) is 0 Å². The van der Waals surface area contributed by atoms with E-state index in [1.165, 1.54) is 19.2 Å². The lowest BCUT2D eigenvalue weighted by Gasteiger charge is -2.08. The first-order valence-corrected chi connectivity index (χ1v) is 7.96. The quantitative estimate of drug-likeness (QED) is 0.469. The average Bonchev–Trinajstić information content (AvgIpc) is 3.08. The standard InChI is InChI=1S/C18H16N4O5/c1-27-16-7-6-11(8-15(16)22(25)26)18(24)21-20-17(23)9-12-10-19-14-5-3-2-4-13(12)14/h2-8,10,19H,9H2,1H3,(H,20,23)(H,21,24). The van der Waals surface area contributed by atoms with Gasteiger partial charge in [0.15, 0.2) is 5.75 Å². The Balaban J connectivity index is 1.64. The van der Waals surface area contributed by atoms with Crippen LogP contribution in [-0.4, -0.2) is 28.8 Å². The molecule has 0 saturated heterocycles. The number of nitrogens with zero attached hydrogens (tertiary/aromatic N) is 1. The minimum atomic E-state index is -0.673. The number of carbonyl (C=O) groups is 2. The fourth-order valence-electron chi connectivity index (χ4n) is 2.67. The zero-order valence-corrected chi connectivity index (χ0v) is 14.3. The molecule has 9 nitrogen and oxygen atoms in total. The fourth-order valence-corrected chi connectivity index (χ4v) is 2.67. The third-order valence-electron chi connectivity index (χ3n) is 3.98. The molecule has 0 fully saturated rings. The second-order valence-electron chi connectivity index (χ2n) is 5.68. The van der Waals surface area contributed by atoms with E-state index >= 15 is 0 Å². The van der Waals surface area contributed by atoms with E-state index in [1.807, 2.05) is 24.3 Å². The van der Waals surface area contributed by atoms with E-state index < -0.39 is 16.7 Å². The topological polar surface area (TPSA) is 126 Å². The Kier molecular flexibility index (Phi) is 5.02. The molecule has 0 aliphatic carbocycles. The summed E-state index contributed by atoms with van der Waals surface area (Å²) in [5.74, 6) is -1.05. The molecule has 27 heavy (non-hydrogen) atoms. The molecule has 9 heteroatoms. The molecule has 3 aromatic rings. The molecule has 0 bridgehead atoms. The van der Waals surface area contributed by atoms with Crippen molar-refractivity contribution in [1.29, 1.82) is 0 Å². The van der Waals surface area contributed by atoms with Crippen molar-refractivity contribution in [3.8, 4) is 5.75 Å². The van der Waals surface area contributed by atoms with Gasteiger partial charge in [0, 0.05) is 28.7 Å². The number of nitrogens with one attached hydrogen (secondary N) is 3. The normalized spacial score (nSPS) is 10.4. The molecule has 138 valence electrons. The summed E-state index contributed by atoms with van der Waals surface area (Å²) in [6, 6.07) is 11.3. The minimum absolute atomic E-state index is 0.0231. The van der Waals surface area contributed by atoms with Gasteiger partial charge in [0.25, 0.3) is 5.91 Å². The number of methoxy groups -OCH3 is 1. The first-order chi connectivity index (χ1) is 13.0. The van der Waals surface area contributed by atoms with Crippen molar-refractivity contribution in [1.82, 2.24) is 15.8 Å². The van der Waals surface area contributed by atoms with E-state index in [1.54, 1.807) is 6.20 Å². The summed E-state index contributed by atoms with van der Waals surface area (Å²) in [4.78, 5) is 37.7. The minimum Gasteiger partial charge on any atom is -0.490 e. The third-order valence-corrected chi connectivity index (χ3v) is 3.98. The molecule has 0 unspecified atom stereocenters. The Morgan fingerprint density at radius 3 is 2.70 bits per heavy atom. The Morgan fingerprint density at radius 1 is 1.19 bits per heavy atom. The summed E-state index contributed by atoms with van der Waals surface area (Å²) in [5, 5.41) is 11.9. The highest BCUT2D eigenvalue weighted by atomic mass is 16.6. The van der Waals surface area contributed by atoms with Crippen LogP contribution in [0.15, 0.2) is 48.7 Å². The highest BCUT2D eigenvalue weighted by Crippen LogP contribution is 2.27. The van der Waals surface area contributed by atoms with Gasteiger partial charge >= 0.3 is 5.69 Å². The van der Waals surface area contributed by atoms with Crippen LogP contribution in [0.5, 0.6) is 5.75 Å². The second kappa shape index (κ2) is 7.56. The van der Waals surface area contributed by atoms with E-state index in [0.29, 0.717) is 0 Å². The van der Waals surface area contributed by atoms with E-state index in [0.717, 1.165) is 22.5 Å². The van der Waals surface area contributed by atoms with Gasteiger partial charge in [-0.1, -0.05) is 18.2 Å². The maximum Gasteiger partial charge on any atom is 0.311 e. The molecule has 3 rings (SSSR count). The summed E-state index contributed by atoms with van der Waals surface area (Å²) < 4.78 is 4.89. The Hall–Kier alpha value is -3.88. The molecule has 0 aliphatic rings. The van der Waals surface area contributed by atoms with Crippen LogP contribution in [0, 0.1) is 10.1 Å². The Labute approximate surface area is 153 Å². The lowest BCUT2D eigenvalue weighted by atomic mass is 10.1. The average molecular weight is 368 g/mol. The van der Waals surface area contributed by atoms with Gasteiger partial charge < -0.3 is 9.72 Å². The monoisotopic (exact) mass is 368 g/mol. The number of nitro benzene ring substituents is 1. The van der Waals surface area contributed by atoms with Crippen LogP contribution in [0.25, 0.3) is 10.9 Å². The van der Waals surface area contributed by atoms with Crippen molar-refractivity contribution in [2.75, 3.05) is 7.11 Å². The van der Waals surface area contributed by atoms with Crippen LogP contribution in [-0.2, 0) is 11.2 Å². The van der Waals surface area contributed by atoms with Crippen LogP contribution in [0.3, 0.4) is 0 Å². The number of hydrazine groups is 1. The second-order valence-corrected chi connectivity index (χ2v) is 5.68. The molecule has 0 atom stereocenters. The van der Waals surface area contributed by atoms with Gasteiger partial charge in [-0.25, -0.2) is 0 Å². The predicted molar refractivity (Wildman–Crippen MR) is 97.3 cm³/mol. The molecule has 3 N–H and O–H groups in total. The van der Waals surface area contributed by atoms with E-state index in [4.69, 9.17) is 4.74 Å². The van der Waals surface area contributed by atoms with Crippen molar-refractivity contribution in [2.45, 2.75) is 6.42 Å². The molecule has 1 aromatic heterocycles. The smallest absolute Gasteiger partial charge is 0.311 e. The van der Waals surface area contributed by atoms with Gasteiger partial charge in [0.05, 0.1) is 18.5 Å². The lowest BCUT2D eigenvalue weighted by molar-refractivity contribution is -0.385. The summed E-state index contributed by atoms with van der Waals surface area (Å²) in [6.07, 6.45) is 1.80. The van der Waals surface area contributed by atoms with E-state index in [9.17, 15) is 19.7 Å². The first-order valence-electron chi connectivity index (χ1n) is 7.96. The van der Waals surface area contributed by atoms with E-state index in [-0.39, 0.29) is 23.4 Å². The molecule has 0 aliphatic heterocycles. The number of amides is 2. The highest BCUT2D eigenvalue weighted by molar-refractivity contribution is 5.97. The van der Waals surface area contributed by atoms with Gasteiger partial charge in [0.1, 0.15) is 0 Å². The van der Waals surface area contributed by atoms with Gasteiger partial charge in [0.2, 0.25) is 5.91 Å². The molecule has 0 radical (unpaired) electrons. The van der Waals surface area contributed by atoms with Gasteiger partial charge in [-0.3, -0.25) is 30.6 Å². The number of para-hydroxylation sites is 1. The van der Waals surface area contributed by atoms with Crippen LogP contribution < -0.4 is 15.6 Å². The van der Waals surface area contributed by atoms with Crippen molar-refractivity contribution >= 4 is 28.4 Å². The number of rotatable bonds is 5. The lowest BCUT2D eigenvalue weighted by Crippen LogP contribution is -2.42. The predicted octanol–water partition coefficient (Wildman–Crippen LogP) is 2.09. The fraction of sp³-hybridized carbons (Fsp3) is 0.111. The first kappa shape index (κ1) is 17.9. The molecule has 2 amide bonds. The number of carbonyl (C=O) groups excluding carboxylic acids is 2. The summed E-state index contributed by atoms with van der Waals surface area (Å²) in [5.41, 5.74) is 5.95. The zero-order valence-electron chi connectivity index (χ0n) is 14.3. The number of aromatic amines is 1. The number of nitro groups is 1. The molecule has 1 heterocycles. The maximum absolute atomic E-state index is 12.1. The molecular formula is C18H16N4O5. The van der Waals surface area contributed by atoms with Crippen molar-refractivity contribution < 1.29 is 19.2 Å². The van der Waals surface area contributed by atoms with Gasteiger partial charge in [-0.2, -0.15) is 0 Å². The summed E-state index contributed by atoms with van der Waals surface area (Å²) in [7, 11) is 1.30. The van der Waals surface area contributed by atoms with Crippen LogP contribution in [0.1, 0.15) is 15.9 Å². The highest BCUT2D eigenvalue weighted by Gasteiger charge is 2.18. The number of hydrogen-bond acceptors (Lipinski definition) is 5. The molecule has 0 saturated carbocycles. The van der Waals surface area contributed by atoms with Crippen LogP contribution >= 0.6 is 0 Å². The number of fused-ring (bicyclic) bond motifs is 1. The summed E-state index contributed by atoms with van der Waals surface area (Å²) in [6.45, 7) is 0. The number of aromatic nitrogens is 1.